The van der Waals surface area contributed by atoms with Crippen molar-refractivity contribution in [2.75, 3.05) is 46.1 Å². The average Bonchev–Trinajstić information content (AvgIpc) is 3.64. The maximum Gasteiger partial charge on any atom is 0.224 e. The van der Waals surface area contributed by atoms with Crippen LogP contribution in [0.1, 0.15) is 18.4 Å². The molecule has 1 aliphatic rings. The van der Waals surface area contributed by atoms with Gasteiger partial charge in [-0.3, -0.25) is 4.79 Å². The monoisotopic (exact) mass is 458 g/mol. The van der Waals surface area contributed by atoms with Crippen molar-refractivity contribution in [3.05, 3.63) is 54.1 Å². The van der Waals surface area contributed by atoms with Crippen molar-refractivity contribution in [1.82, 2.24) is 10.6 Å². The second kappa shape index (κ2) is 13.7. The Hall–Kier alpha value is -2.81. The van der Waals surface area contributed by atoms with Gasteiger partial charge in [0.25, 0.3) is 0 Å². The molecule has 0 spiro atoms. The molecule has 0 bridgehead atoms. The molecule has 0 heterocycles. The molecule has 1 aliphatic carbocycles. The maximum absolute atomic E-state index is 11.9. The molecular weight excluding hydrogens is 424 g/mol. The molecule has 3 rings (SSSR count). The van der Waals surface area contributed by atoms with E-state index in [9.17, 15) is 15.0 Å². The Morgan fingerprint density at radius 3 is 2.36 bits per heavy atom. The van der Waals surface area contributed by atoms with Gasteiger partial charge in [0.1, 0.15) is 36.6 Å². The van der Waals surface area contributed by atoms with Crippen LogP contribution < -0.4 is 20.1 Å². The first-order valence-electron chi connectivity index (χ1n) is 11.5. The van der Waals surface area contributed by atoms with Crippen LogP contribution in [0.4, 0.5) is 0 Å². The number of carbonyl (C=O) groups excluding carboxylic acids is 1. The second-order valence-electron chi connectivity index (χ2n) is 8.20. The van der Waals surface area contributed by atoms with Gasteiger partial charge in [-0.05, 0) is 60.7 Å². The van der Waals surface area contributed by atoms with Crippen LogP contribution >= 0.6 is 0 Å². The molecule has 0 saturated heterocycles. The average molecular weight is 459 g/mol. The molecule has 8 heteroatoms. The van der Waals surface area contributed by atoms with E-state index in [0.29, 0.717) is 38.6 Å². The van der Waals surface area contributed by atoms with Crippen LogP contribution in [0, 0.1) is 5.92 Å². The summed E-state index contributed by atoms with van der Waals surface area (Å²) < 4.78 is 16.8. The molecule has 1 atom stereocenters. The number of phenols is 1. The molecule has 1 fully saturated rings. The Bertz CT molecular complexity index is 824. The third-order valence-electron chi connectivity index (χ3n) is 5.12. The van der Waals surface area contributed by atoms with E-state index in [4.69, 9.17) is 14.2 Å². The summed E-state index contributed by atoms with van der Waals surface area (Å²) in [7, 11) is 0. The van der Waals surface area contributed by atoms with Gasteiger partial charge in [-0.2, -0.15) is 0 Å². The molecule has 4 N–H and O–H groups in total. The van der Waals surface area contributed by atoms with Crippen molar-refractivity contribution in [1.29, 1.82) is 0 Å². The predicted molar refractivity (Wildman–Crippen MR) is 125 cm³/mol. The zero-order valence-corrected chi connectivity index (χ0v) is 18.9. The third kappa shape index (κ3) is 10.6. The number of amides is 1. The molecule has 1 unspecified atom stereocenters. The molecular formula is C25H34N2O6. The van der Waals surface area contributed by atoms with E-state index in [1.807, 2.05) is 24.3 Å². The standard InChI is InChI=1S/C25H34N2O6/c28-21-5-3-19(4-6-21)15-25(30)27-12-11-26-16-22(29)18-33-24-9-7-23(8-10-24)32-14-13-31-17-20-1-2-20/h3-10,20,22,26,28-29H,1-2,11-18H2,(H,27,30). The van der Waals surface area contributed by atoms with Gasteiger partial charge in [0.15, 0.2) is 0 Å². The number of ether oxygens (including phenoxy) is 3. The van der Waals surface area contributed by atoms with Crippen molar-refractivity contribution < 1.29 is 29.2 Å². The Morgan fingerprint density at radius 1 is 0.970 bits per heavy atom. The van der Waals surface area contributed by atoms with Crippen LogP contribution in [0.3, 0.4) is 0 Å². The minimum absolute atomic E-state index is 0.0930. The number of hydrogen-bond acceptors (Lipinski definition) is 7. The van der Waals surface area contributed by atoms with Gasteiger partial charge >= 0.3 is 0 Å². The van der Waals surface area contributed by atoms with Gasteiger partial charge in [-0.15, -0.1) is 0 Å². The molecule has 0 aliphatic heterocycles. The summed E-state index contributed by atoms with van der Waals surface area (Å²) in [4.78, 5) is 11.9. The summed E-state index contributed by atoms with van der Waals surface area (Å²) in [5, 5.41) is 25.2. The first-order chi connectivity index (χ1) is 16.1. The van der Waals surface area contributed by atoms with Gasteiger partial charge in [0, 0.05) is 26.2 Å². The highest BCUT2D eigenvalue weighted by molar-refractivity contribution is 5.78. The van der Waals surface area contributed by atoms with E-state index in [2.05, 4.69) is 10.6 Å². The van der Waals surface area contributed by atoms with E-state index in [-0.39, 0.29) is 24.7 Å². The Balaban J connectivity index is 1.19. The highest BCUT2D eigenvalue weighted by atomic mass is 16.5. The topological polar surface area (TPSA) is 109 Å². The van der Waals surface area contributed by atoms with Crippen LogP contribution in [0.25, 0.3) is 0 Å². The maximum atomic E-state index is 11.9. The van der Waals surface area contributed by atoms with Gasteiger partial charge in [0.05, 0.1) is 13.0 Å². The van der Waals surface area contributed by atoms with Crippen molar-refractivity contribution >= 4 is 5.91 Å². The Morgan fingerprint density at radius 2 is 1.67 bits per heavy atom. The van der Waals surface area contributed by atoms with Crippen molar-refractivity contribution in [2.24, 2.45) is 5.92 Å². The fraction of sp³-hybridized carbons (Fsp3) is 0.480. The highest BCUT2D eigenvalue weighted by Crippen LogP contribution is 2.28. The highest BCUT2D eigenvalue weighted by Gasteiger charge is 2.20. The largest absolute Gasteiger partial charge is 0.508 e. The summed E-state index contributed by atoms with van der Waals surface area (Å²) in [5.74, 6) is 2.26. The fourth-order valence-electron chi connectivity index (χ4n) is 3.06. The number of nitrogens with one attached hydrogen (secondary N) is 2. The summed E-state index contributed by atoms with van der Waals surface area (Å²) in [6.07, 6.45) is 2.16. The van der Waals surface area contributed by atoms with E-state index in [0.717, 1.165) is 23.8 Å². The smallest absolute Gasteiger partial charge is 0.224 e. The summed E-state index contributed by atoms with van der Waals surface area (Å²) in [6, 6.07) is 13.8. The number of aromatic hydroxyl groups is 1. The minimum Gasteiger partial charge on any atom is -0.508 e. The summed E-state index contributed by atoms with van der Waals surface area (Å²) in [6.45, 7) is 3.46. The quantitative estimate of drug-likeness (QED) is 0.285. The molecule has 2 aromatic carbocycles. The van der Waals surface area contributed by atoms with E-state index in [1.165, 1.54) is 12.8 Å². The number of aliphatic hydroxyl groups is 1. The Labute approximate surface area is 194 Å². The van der Waals surface area contributed by atoms with Crippen LogP contribution in [0.15, 0.2) is 48.5 Å². The summed E-state index contributed by atoms with van der Waals surface area (Å²) >= 11 is 0. The number of rotatable bonds is 16. The van der Waals surface area contributed by atoms with Gasteiger partial charge in [-0.1, -0.05) is 12.1 Å². The molecule has 2 aromatic rings. The van der Waals surface area contributed by atoms with Gasteiger partial charge in [0.2, 0.25) is 5.91 Å². The predicted octanol–water partition coefficient (Wildman–Crippen LogP) is 1.89. The fourth-order valence-corrected chi connectivity index (χ4v) is 3.06. The van der Waals surface area contributed by atoms with Gasteiger partial charge < -0.3 is 35.1 Å². The van der Waals surface area contributed by atoms with Crippen molar-refractivity contribution in [3.8, 4) is 17.2 Å². The number of hydrogen-bond donors (Lipinski definition) is 4. The van der Waals surface area contributed by atoms with E-state index < -0.39 is 6.10 Å². The first kappa shape index (κ1) is 24.8. The molecule has 8 nitrogen and oxygen atoms in total. The molecule has 0 radical (unpaired) electrons. The van der Waals surface area contributed by atoms with Gasteiger partial charge in [-0.25, -0.2) is 0 Å². The zero-order valence-electron chi connectivity index (χ0n) is 18.9. The molecule has 33 heavy (non-hydrogen) atoms. The first-order valence-corrected chi connectivity index (χ1v) is 11.5. The molecule has 0 aromatic heterocycles. The molecule has 1 amide bonds. The van der Waals surface area contributed by atoms with E-state index >= 15 is 0 Å². The number of phenolic OH excluding ortho intramolecular Hbond substituents is 1. The van der Waals surface area contributed by atoms with Crippen LogP contribution in [0.2, 0.25) is 0 Å². The lowest BCUT2D eigenvalue weighted by atomic mass is 10.1. The SMILES string of the molecule is O=C(Cc1ccc(O)cc1)NCCNCC(O)COc1ccc(OCCOCC2CC2)cc1. The van der Waals surface area contributed by atoms with Crippen molar-refractivity contribution in [3.63, 3.8) is 0 Å². The lowest BCUT2D eigenvalue weighted by Crippen LogP contribution is -2.37. The van der Waals surface area contributed by atoms with Crippen molar-refractivity contribution in [2.45, 2.75) is 25.4 Å². The minimum atomic E-state index is -0.669. The third-order valence-corrected chi connectivity index (χ3v) is 5.12. The lowest BCUT2D eigenvalue weighted by Gasteiger charge is -2.14. The number of carbonyl (C=O) groups is 1. The second-order valence-corrected chi connectivity index (χ2v) is 8.20. The lowest BCUT2D eigenvalue weighted by molar-refractivity contribution is -0.120. The number of benzene rings is 2. The number of aliphatic hydroxyl groups excluding tert-OH is 1. The van der Waals surface area contributed by atoms with E-state index in [1.54, 1.807) is 24.3 Å². The zero-order chi connectivity index (χ0) is 23.3. The molecule has 180 valence electrons. The normalized spacial score (nSPS) is 14.0. The summed E-state index contributed by atoms with van der Waals surface area (Å²) in [5.41, 5.74) is 0.836. The van der Waals surface area contributed by atoms with Crippen LogP contribution in [0.5, 0.6) is 17.2 Å². The van der Waals surface area contributed by atoms with Crippen LogP contribution in [-0.4, -0.2) is 68.3 Å². The Kier molecular flexibility index (Phi) is 10.3. The van der Waals surface area contributed by atoms with Crippen LogP contribution in [-0.2, 0) is 16.0 Å². The molecule has 1 saturated carbocycles.